The number of nitrogens with zero attached hydrogens (tertiary/aromatic N) is 4. The van der Waals surface area contributed by atoms with Gasteiger partial charge in [0, 0.05) is 18.3 Å². The van der Waals surface area contributed by atoms with Crippen molar-refractivity contribution < 1.29 is 17.9 Å². The number of nitrogen functional groups attached to an aromatic ring is 1. The molecule has 1 saturated heterocycles. The zero-order chi connectivity index (χ0) is 27.0. The van der Waals surface area contributed by atoms with Gasteiger partial charge < -0.3 is 15.2 Å². The van der Waals surface area contributed by atoms with Crippen LogP contribution in [0.5, 0.6) is 0 Å². The molecule has 198 valence electrons. The monoisotopic (exact) mass is 558 g/mol. The predicted octanol–water partition coefficient (Wildman–Crippen LogP) is 6.17. The van der Waals surface area contributed by atoms with Crippen LogP contribution < -0.4 is 10.5 Å². The second kappa shape index (κ2) is 10.5. The third-order valence-corrected chi connectivity index (χ3v) is 8.08. The van der Waals surface area contributed by atoms with Crippen molar-refractivity contribution in [2.75, 3.05) is 30.7 Å². The second-order valence-corrected chi connectivity index (χ2v) is 11.4. The minimum Gasteiger partial charge on any atom is -0.372 e. The zero-order valence-electron chi connectivity index (χ0n) is 20.8. The molecule has 0 amide bonds. The zero-order valence-corrected chi connectivity index (χ0v) is 22.5. The van der Waals surface area contributed by atoms with Crippen molar-refractivity contribution in [3.05, 3.63) is 71.1 Å². The lowest BCUT2D eigenvalue weighted by Crippen LogP contribution is -2.48. The van der Waals surface area contributed by atoms with E-state index in [-0.39, 0.29) is 33.7 Å². The van der Waals surface area contributed by atoms with Crippen LogP contribution in [0.15, 0.2) is 53.6 Å². The van der Waals surface area contributed by atoms with Crippen molar-refractivity contribution in [1.29, 1.82) is 0 Å². The van der Waals surface area contributed by atoms with Crippen LogP contribution in [0.4, 0.5) is 24.8 Å². The standard InChI is InChI=1S/C26H25F3N6OS2/c1-26(2)13-35(3)19(12-36-26)24-33-22(23(37-24)18-9-10-31-25(30)32-18)15-5-4-6-17(21(15)29)34-38-20-11-14(27)7-8-16(20)28/h4-11,19,34H,12-13H2,1-3H3,(H2,30,31,32). The molecule has 1 aliphatic heterocycles. The summed E-state index contributed by atoms with van der Waals surface area (Å²) in [6, 6.07) is 9.46. The van der Waals surface area contributed by atoms with Gasteiger partial charge in [-0.15, -0.1) is 11.3 Å². The number of aromatic nitrogens is 3. The molecule has 3 heterocycles. The number of thiazole rings is 1. The molecule has 1 unspecified atom stereocenters. The first-order valence-corrected chi connectivity index (χ1v) is 13.4. The number of hydrogen-bond donors (Lipinski definition) is 2. The van der Waals surface area contributed by atoms with Gasteiger partial charge in [-0.05, 0) is 69.2 Å². The van der Waals surface area contributed by atoms with Crippen LogP contribution in [0, 0.1) is 17.5 Å². The third kappa shape index (κ3) is 5.48. The van der Waals surface area contributed by atoms with Crippen LogP contribution in [-0.4, -0.2) is 45.7 Å². The Labute approximate surface area is 226 Å². The largest absolute Gasteiger partial charge is 0.372 e. The van der Waals surface area contributed by atoms with E-state index in [0.29, 0.717) is 29.4 Å². The van der Waals surface area contributed by atoms with Gasteiger partial charge in [0.1, 0.15) is 16.6 Å². The first-order chi connectivity index (χ1) is 18.1. The molecule has 0 spiro atoms. The van der Waals surface area contributed by atoms with Gasteiger partial charge in [-0.25, -0.2) is 28.1 Å². The summed E-state index contributed by atoms with van der Waals surface area (Å²) in [6.07, 6.45) is 1.54. The number of likely N-dealkylation sites (N-methyl/N-ethyl adjacent to an activating group) is 1. The topological polar surface area (TPSA) is 89.2 Å². The Morgan fingerprint density at radius 2 is 1.97 bits per heavy atom. The van der Waals surface area contributed by atoms with E-state index >= 15 is 4.39 Å². The minimum absolute atomic E-state index is 0.00570. The molecular formula is C26H25F3N6OS2. The Morgan fingerprint density at radius 3 is 2.74 bits per heavy atom. The first kappa shape index (κ1) is 26.4. The van der Waals surface area contributed by atoms with Crippen molar-refractivity contribution in [2.24, 2.45) is 0 Å². The van der Waals surface area contributed by atoms with Gasteiger partial charge >= 0.3 is 0 Å². The number of hydrogen-bond acceptors (Lipinski definition) is 9. The van der Waals surface area contributed by atoms with Gasteiger partial charge in [-0.3, -0.25) is 4.90 Å². The quantitative estimate of drug-likeness (QED) is 0.272. The van der Waals surface area contributed by atoms with E-state index in [4.69, 9.17) is 15.5 Å². The second-order valence-electron chi connectivity index (χ2n) is 9.48. The highest BCUT2D eigenvalue weighted by Crippen LogP contribution is 2.42. The molecule has 2 aromatic heterocycles. The third-order valence-electron chi connectivity index (χ3n) is 6.05. The van der Waals surface area contributed by atoms with Gasteiger partial charge in [0.2, 0.25) is 5.95 Å². The summed E-state index contributed by atoms with van der Waals surface area (Å²) in [5, 5.41) is 0.749. The lowest BCUT2D eigenvalue weighted by molar-refractivity contribution is -0.108. The van der Waals surface area contributed by atoms with Crippen LogP contribution in [0.2, 0.25) is 0 Å². The van der Waals surface area contributed by atoms with Gasteiger partial charge in [-0.1, -0.05) is 6.07 Å². The number of anilines is 2. The molecule has 0 radical (unpaired) electrons. The summed E-state index contributed by atoms with van der Waals surface area (Å²) in [7, 11) is 2.01. The summed E-state index contributed by atoms with van der Waals surface area (Å²) < 4.78 is 52.4. The summed E-state index contributed by atoms with van der Waals surface area (Å²) in [4.78, 5) is 16.0. The number of rotatable bonds is 6. The maximum atomic E-state index is 15.9. The lowest BCUT2D eigenvalue weighted by Gasteiger charge is -2.40. The Balaban J connectivity index is 1.54. The van der Waals surface area contributed by atoms with Crippen molar-refractivity contribution in [3.8, 4) is 21.8 Å². The molecule has 1 aliphatic rings. The van der Waals surface area contributed by atoms with E-state index in [2.05, 4.69) is 19.6 Å². The highest BCUT2D eigenvalue weighted by atomic mass is 32.2. The van der Waals surface area contributed by atoms with E-state index in [0.717, 1.165) is 35.2 Å². The molecule has 1 atom stereocenters. The van der Waals surface area contributed by atoms with Crippen LogP contribution in [-0.2, 0) is 4.74 Å². The van der Waals surface area contributed by atoms with Crippen molar-refractivity contribution in [2.45, 2.75) is 30.4 Å². The molecule has 1 fully saturated rings. The number of nitrogens with one attached hydrogen (secondary N) is 1. The van der Waals surface area contributed by atoms with Gasteiger partial charge in [0.25, 0.3) is 0 Å². The van der Waals surface area contributed by atoms with Gasteiger partial charge in [-0.2, -0.15) is 0 Å². The van der Waals surface area contributed by atoms with Crippen LogP contribution in [0.1, 0.15) is 24.9 Å². The molecule has 7 nitrogen and oxygen atoms in total. The summed E-state index contributed by atoms with van der Waals surface area (Å²) in [5.41, 5.74) is 6.79. The fourth-order valence-electron chi connectivity index (χ4n) is 4.24. The summed E-state index contributed by atoms with van der Waals surface area (Å²) in [6.45, 7) is 5.19. The maximum absolute atomic E-state index is 15.9. The minimum atomic E-state index is -0.616. The highest BCUT2D eigenvalue weighted by Gasteiger charge is 2.35. The molecular weight excluding hydrogens is 533 g/mol. The molecule has 3 N–H and O–H groups in total. The molecule has 0 aliphatic carbocycles. The van der Waals surface area contributed by atoms with Crippen molar-refractivity contribution in [3.63, 3.8) is 0 Å². The molecule has 5 rings (SSSR count). The predicted molar refractivity (Wildman–Crippen MR) is 144 cm³/mol. The van der Waals surface area contributed by atoms with Crippen LogP contribution >= 0.6 is 23.3 Å². The van der Waals surface area contributed by atoms with E-state index < -0.39 is 17.5 Å². The number of ether oxygens (including phenoxy) is 1. The lowest BCUT2D eigenvalue weighted by atomic mass is 10.1. The molecule has 12 heteroatoms. The van der Waals surface area contributed by atoms with E-state index in [1.54, 1.807) is 18.2 Å². The number of benzene rings is 2. The number of morpholine rings is 1. The molecule has 0 saturated carbocycles. The summed E-state index contributed by atoms with van der Waals surface area (Å²) in [5.74, 6) is -1.71. The smallest absolute Gasteiger partial charge is 0.220 e. The fraction of sp³-hybridized carbons (Fsp3) is 0.269. The van der Waals surface area contributed by atoms with E-state index in [1.807, 2.05) is 20.9 Å². The van der Waals surface area contributed by atoms with Gasteiger partial charge in [0.15, 0.2) is 5.82 Å². The van der Waals surface area contributed by atoms with Crippen LogP contribution in [0.25, 0.3) is 21.8 Å². The van der Waals surface area contributed by atoms with Crippen molar-refractivity contribution >= 4 is 34.9 Å². The van der Waals surface area contributed by atoms with E-state index in [9.17, 15) is 8.78 Å². The Hall–Kier alpha value is -3.19. The Morgan fingerprint density at radius 1 is 1.16 bits per heavy atom. The number of nitrogens with two attached hydrogens (primary N) is 1. The summed E-state index contributed by atoms with van der Waals surface area (Å²) >= 11 is 2.17. The SMILES string of the molecule is CN1CC(C)(C)OCC1c1nc(-c2cccc(NSc3cc(F)ccc3F)c2F)c(-c2ccnc(N)n2)s1. The first-order valence-electron chi connectivity index (χ1n) is 11.7. The van der Waals surface area contributed by atoms with Crippen LogP contribution in [0.3, 0.4) is 0 Å². The molecule has 0 bridgehead atoms. The molecule has 2 aromatic carbocycles. The fourth-order valence-corrected chi connectivity index (χ4v) is 6.16. The number of halogens is 3. The maximum Gasteiger partial charge on any atom is 0.220 e. The average molecular weight is 559 g/mol. The normalized spacial score (nSPS) is 17.5. The average Bonchev–Trinajstić information content (AvgIpc) is 3.29. The molecule has 38 heavy (non-hydrogen) atoms. The highest BCUT2D eigenvalue weighted by molar-refractivity contribution is 8.00. The van der Waals surface area contributed by atoms with Crippen molar-refractivity contribution in [1.82, 2.24) is 19.9 Å². The Kier molecular flexibility index (Phi) is 7.32. The Bertz CT molecular complexity index is 1480. The van der Waals surface area contributed by atoms with Gasteiger partial charge in [0.05, 0.1) is 45.1 Å². The molecule has 4 aromatic rings. The van der Waals surface area contributed by atoms with E-state index in [1.165, 1.54) is 23.6 Å².